The van der Waals surface area contributed by atoms with Crippen molar-refractivity contribution in [2.45, 2.75) is 24.3 Å². The van der Waals surface area contributed by atoms with Gasteiger partial charge in [-0.25, -0.2) is 0 Å². The zero-order valence-corrected chi connectivity index (χ0v) is 19.9. The number of ether oxygens (including phenoxy) is 1. The lowest BCUT2D eigenvalue weighted by Gasteiger charge is -2.13. The molecule has 0 radical (unpaired) electrons. The molecule has 5 rings (SSSR count). The molecular formula is C24H21N5O2S2. The average Bonchev–Trinajstić information content (AvgIpc) is 3.60. The summed E-state index contributed by atoms with van der Waals surface area (Å²) in [5, 5.41) is 20.1. The van der Waals surface area contributed by atoms with E-state index in [0.717, 1.165) is 27.0 Å². The zero-order chi connectivity index (χ0) is 22.8. The second-order valence-corrected chi connectivity index (χ2v) is 9.62. The van der Waals surface area contributed by atoms with Gasteiger partial charge in [-0.1, -0.05) is 47.7 Å². The van der Waals surface area contributed by atoms with Crippen LogP contribution in [0.1, 0.15) is 23.6 Å². The third-order valence-corrected chi connectivity index (χ3v) is 6.96. The Labute approximate surface area is 199 Å². The molecule has 1 unspecified atom stereocenters. The van der Waals surface area contributed by atoms with E-state index in [9.17, 15) is 0 Å². The van der Waals surface area contributed by atoms with Crippen LogP contribution in [-0.4, -0.2) is 32.1 Å². The van der Waals surface area contributed by atoms with Gasteiger partial charge in [0.2, 0.25) is 5.89 Å². The van der Waals surface area contributed by atoms with Crippen LogP contribution in [-0.2, 0) is 0 Å². The number of benzene rings is 2. The molecule has 0 N–H and O–H groups in total. The summed E-state index contributed by atoms with van der Waals surface area (Å²) >= 11 is 3.09. The third-order valence-electron chi connectivity index (χ3n) is 5.08. The van der Waals surface area contributed by atoms with Crippen LogP contribution in [0.2, 0.25) is 0 Å². The number of thioether (sulfide) groups is 1. The number of nitrogens with zero attached hydrogens (tertiary/aromatic N) is 5. The summed E-state index contributed by atoms with van der Waals surface area (Å²) in [6.07, 6.45) is 0. The third kappa shape index (κ3) is 4.29. The molecule has 0 amide bonds. The number of methoxy groups -OCH3 is 1. The fourth-order valence-corrected chi connectivity index (χ4v) is 4.93. The van der Waals surface area contributed by atoms with Gasteiger partial charge in [0.15, 0.2) is 11.0 Å². The first-order valence-corrected chi connectivity index (χ1v) is 12.1. The Morgan fingerprint density at radius 2 is 1.79 bits per heavy atom. The summed E-state index contributed by atoms with van der Waals surface area (Å²) < 4.78 is 13.6. The van der Waals surface area contributed by atoms with Crippen LogP contribution < -0.4 is 4.74 Å². The van der Waals surface area contributed by atoms with Crippen LogP contribution in [0.15, 0.2) is 75.6 Å². The van der Waals surface area contributed by atoms with Crippen LogP contribution in [0.4, 0.5) is 0 Å². The lowest BCUT2D eigenvalue weighted by atomic mass is 10.1. The van der Waals surface area contributed by atoms with Crippen LogP contribution in [0.25, 0.3) is 27.8 Å². The molecule has 0 aliphatic carbocycles. The number of hydrogen-bond donors (Lipinski definition) is 0. The van der Waals surface area contributed by atoms with Crippen LogP contribution in [0.3, 0.4) is 0 Å². The van der Waals surface area contributed by atoms with Crippen LogP contribution >= 0.6 is 23.1 Å². The van der Waals surface area contributed by atoms with Gasteiger partial charge in [0.05, 0.1) is 22.8 Å². The van der Waals surface area contributed by atoms with E-state index in [1.165, 1.54) is 17.3 Å². The molecule has 0 aliphatic rings. The maximum atomic E-state index is 5.94. The minimum Gasteiger partial charge on any atom is -0.496 e. The van der Waals surface area contributed by atoms with Gasteiger partial charge in [0, 0.05) is 5.69 Å². The number of para-hydroxylation sites is 1. The standard InChI is InChI=1S/C24H21N5O2S2/c1-15-10-12-17(13-11-15)29-21(18-7-4-5-8-19(18)30-3)25-28-24(29)33-16(2)22-26-27-23(31-22)20-9-6-14-32-20/h4-14,16H,1-3H3. The highest BCUT2D eigenvalue weighted by Crippen LogP contribution is 2.39. The average molecular weight is 476 g/mol. The second kappa shape index (κ2) is 9.21. The first-order chi connectivity index (χ1) is 16.1. The lowest BCUT2D eigenvalue weighted by molar-refractivity contribution is 0.416. The molecule has 0 aliphatic heterocycles. The topological polar surface area (TPSA) is 78.9 Å². The monoisotopic (exact) mass is 475 g/mol. The van der Waals surface area contributed by atoms with Gasteiger partial charge >= 0.3 is 0 Å². The first-order valence-electron chi connectivity index (χ1n) is 10.3. The second-order valence-electron chi connectivity index (χ2n) is 7.36. The molecule has 0 fully saturated rings. The number of aryl methyl sites for hydroxylation is 1. The summed E-state index contributed by atoms with van der Waals surface area (Å²) in [5.74, 6) is 2.51. The van der Waals surface area contributed by atoms with Crippen molar-refractivity contribution in [3.63, 3.8) is 0 Å². The Bertz CT molecular complexity index is 1360. The fourth-order valence-electron chi connectivity index (χ4n) is 3.38. The summed E-state index contributed by atoms with van der Waals surface area (Å²) in [6, 6.07) is 20.0. The van der Waals surface area contributed by atoms with Gasteiger partial charge in [-0.15, -0.1) is 31.7 Å². The molecule has 3 aromatic heterocycles. The van der Waals surface area contributed by atoms with Gasteiger partial charge < -0.3 is 9.15 Å². The van der Waals surface area contributed by atoms with Crippen LogP contribution in [0, 0.1) is 6.92 Å². The SMILES string of the molecule is COc1ccccc1-c1nnc(SC(C)c2nnc(-c3cccs3)o2)n1-c1ccc(C)cc1. The molecule has 7 nitrogen and oxygen atoms in total. The maximum absolute atomic E-state index is 5.94. The lowest BCUT2D eigenvalue weighted by Crippen LogP contribution is -2.02. The fraction of sp³-hybridized carbons (Fsp3) is 0.167. The minimum absolute atomic E-state index is 0.120. The molecule has 2 aromatic carbocycles. The Hall–Kier alpha value is -3.43. The number of rotatable bonds is 7. The van der Waals surface area contributed by atoms with E-state index in [1.807, 2.05) is 53.3 Å². The first kappa shape index (κ1) is 21.4. The highest BCUT2D eigenvalue weighted by molar-refractivity contribution is 7.99. The molecule has 0 saturated heterocycles. The highest BCUT2D eigenvalue weighted by Gasteiger charge is 2.23. The van der Waals surface area contributed by atoms with Crippen LogP contribution in [0.5, 0.6) is 5.75 Å². The predicted octanol–water partition coefficient (Wildman–Crippen LogP) is 6.22. The summed E-state index contributed by atoms with van der Waals surface area (Å²) in [4.78, 5) is 0.951. The Morgan fingerprint density at radius 1 is 0.970 bits per heavy atom. The van der Waals surface area contributed by atoms with E-state index in [0.29, 0.717) is 17.6 Å². The molecule has 0 saturated carbocycles. The van der Waals surface area contributed by atoms with E-state index in [4.69, 9.17) is 9.15 Å². The van der Waals surface area contributed by atoms with E-state index in [2.05, 4.69) is 51.6 Å². The molecule has 3 heterocycles. The van der Waals surface area contributed by atoms with Crippen molar-refractivity contribution in [1.82, 2.24) is 25.0 Å². The van der Waals surface area contributed by atoms with Gasteiger partial charge in [0.1, 0.15) is 5.75 Å². The van der Waals surface area contributed by atoms with E-state index in [-0.39, 0.29) is 5.25 Å². The highest BCUT2D eigenvalue weighted by atomic mass is 32.2. The molecule has 166 valence electrons. The van der Waals surface area contributed by atoms with E-state index >= 15 is 0 Å². The van der Waals surface area contributed by atoms with Gasteiger partial charge in [-0.2, -0.15) is 0 Å². The normalized spacial score (nSPS) is 12.1. The minimum atomic E-state index is -0.120. The molecule has 0 spiro atoms. The quantitative estimate of drug-likeness (QED) is 0.259. The number of hydrogen-bond acceptors (Lipinski definition) is 8. The van der Waals surface area contributed by atoms with Crippen molar-refractivity contribution in [3.8, 4) is 33.6 Å². The van der Waals surface area contributed by atoms with Crippen molar-refractivity contribution in [2.75, 3.05) is 7.11 Å². The zero-order valence-electron chi connectivity index (χ0n) is 18.3. The van der Waals surface area contributed by atoms with E-state index in [1.54, 1.807) is 18.4 Å². The Balaban J connectivity index is 1.53. The Kier molecular flexibility index (Phi) is 5.97. The number of thiophene rings is 1. The smallest absolute Gasteiger partial charge is 0.257 e. The van der Waals surface area contributed by atoms with Gasteiger partial charge in [-0.05, 0) is 49.6 Å². The van der Waals surface area contributed by atoms with E-state index < -0.39 is 0 Å². The summed E-state index contributed by atoms with van der Waals surface area (Å²) in [5.41, 5.74) is 3.01. The molecule has 0 bridgehead atoms. The summed E-state index contributed by atoms with van der Waals surface area (Å²) in [6.45, 7) is 4.09. The van der Waals surface area contributed by atoms with Crippen molar-refractivity contribution in [1.29, 1.82) is 0 Å². The maximum Gasteiger partial charge on any atom is 0.257 e. The molecule has 33 heavy (non-hydrogen) atoms. The molecule has 1 atom stereocenters. The Morgan fingerprint density at radius 3 is 2.55 bits per heavy atom. The largest absolute Gasteiger partial charge is 0.496 e. The van der Waals surface area contributed by atoms with Gasteiger partial charge in [-0.3, -0.25) is 4.57 Å². The van der Waals surface area contributed by atoms with Gasteiger partial charge in [0.25, 0.3) is 5.89 Å². The molecule has 9 heteroatoms. The number of aromatic nitrogens is 5. The molecule has 5 aromatic rings. The van der Waals surface area contributed by atoms with Crippen molar-refractivity contribution >= 4 is 23.1 Å². The molecular weight excluding hydrogens is 454 g/mol. The predicted molar refractivity (Wildman–Crippen MR) is 130 cm³/mol. The van der Waals surface area contributed by atoms with Crippen molar-refractivity contribution < 1.29 is 9.15 Å². The van der Waals surface area contributed by atoms with Crippen molar-refractivity contribution in [3.05, 3.63) is 77.5 Å². The summed E-state index contributed by atoms with van der Waals surface area (Å²) in [7, 11) is 1.66. The van der Waals surface area contributed by atoms with Crippen molar-refractivity contribution in [2.24, 2.45) is 0 Å².